The Labute approximate surface area is 312 Å². The molecule has 7 N–H and O–H groups in total. The molecule has 0 aliphatic rings. The van der Waals surface area contributed by atoms with Crippen LogP contribution in [0.4, 0.5) is 10.5 Å². The van der Waals surface area contributed by atoms with E-state index in [1.165, 1.54) is 36.8 Å². The summed E-state index contributed by atoms with van der Waals surface area (Å²) in [6.45, 7) is 8.19. The minimum absolute atomic E-state index is 0.0000662. The number of ether oxygens (including phenoxy) is 1. The summed E-state index contributed by atoms with van der Waals surface area (Å²) in [5, 5.41) is 37.6. The first-order chi connectivity index (χ1) is 25.4. The van der Waals surface area contributed by atoms with E-state index >= 15 is 0 Å². The highest BCUT2D eigenvalue weighted by Gasteiger charge is 2.42. The molecule has 0 aliphatic carbocycles. The van der Waals surface area contributed by atoms with Crippen LogP contribution in [0.1, 0.15) is 64.3 Å². The summed E-state index contributed by atoms with van der Waals surface area (Å²) in [5.74, 6) is -5.21. The van der Waals surface area contributed by atoms with Crippen LogP contribution in [0.3, 0.4) is 0 Å². The average molecular weight is 752 g/mol. The number of hydrogen-bond acceptors (Lipinski definition) is 11. The van der Waals surface area contributed by atoms with Gasteiger partial charge in [0.25, 0.3) is 11.6 Å². The number of non-ortho nitro benzene ring substituents is 1. The third kappa shape index (κ3) is 12.8. The van der Waals surface area contributed by atoms with E-state index < -0.39 is 82.9 Å². The number of nitrogens with two attached hydrogens (primary N) is 1. The van der Waals surface area contributed by atoms with Gasteiger partial charge in [0.2, 0.25) is 11.8 Å². The lowest BCUT2D eigenvalue weighted by atomic mass is 9.94. The lowest BCUT2D eigenvalue weighted by Crippen LogP contribution is -2.61. The summed E-state index contributed by atoms with van der Waals surface area (Å²) in [4.78, 5) is 86.0. The molecule has 0 saturated carbocycles. The fraction of sp³-hybridized carbons (Fsp3) is 0.459. The Balaban J connectivity index is 1.97. The van der Waals surface area contributed by atoms with E-state index in [9.17, 15) is 44.3 Å². The van der Waals surface area contributed by atoms with Crippen LogP contribution in [0, 0.1) is 16.0 Å². The smallest absolute Gasteiger partial charge is 0.408 e. The number of rotatable bonds is 18. The van der Waals surface area contributed by atoms with E-state index in [-0.39, 0.29) is 31.4 Å². The van der Waals surface area contributed by atoms with Gasteiger partial charge in [-0.05, 0) is 44.2 Å². The zero-order valence-electron chi connectivity index (χ0n) is 30.9. The third-order valence-corrected chi connectivity index (χ3v) is 8.60. The van der Waals surface area contributed by atoms with Crippen molar-refractivity contribution in [3.63, 3.8) is 0 Å². The number of carboxylic acid groups (broad SMARTS) is 1. The minimum Gasteiger partial charge on any atom is -0.480 e. The number of aliphatic carboxylic acids is 1. The number of carboxylic acids is 1. The van der Waals surface area contributed by atoms with E-state index in [4.69, 9.17) is 10.5 Å². The molecule has 4 amide bonds. The van der Waals surface area contributed by atoms with Gasteiger partial charge in [0.1, 0.15) is 23.7 Å². The molecule has 0 radical (unpaired) electrons. The maximum absolute atomic E-state index is 14.5. The number of aromatic amines is 1. The molecule has 54 heavy (non-hydrogen) atoms. The summed E-state index contributed by atoms with van der Waals surface area (Å²) in [6, 6.07) is 8.59. The second-order valence-corrected chi connectivity index (χ2v) is 14.1. The van der Waals surface area contributed by atoms with E-state index in [0.29, 0.717) is 21.7 Å². The number of aliphatic hydroxyl groups excluding tert-OH is 1. The molecule has 3 rings (SSSR count). The first kappa shape index (κ1) is 42.7. The normalized spacial score (nSPS) is 14.7. The van der Waals surface area contributed by atoms with Crippen molar-refractivity contribution in [2.45, 2.75) is 103 Å². The molecule has 1 heterocycles. The SMILES string of the molecule is CC[C@H](C)[C@@H](C(=O)O)N(C(=O)CC(O)[C@@H](N)Cc1ccc([N+](=O)[O-])cc1)C(=O)[C@H](Cc1cnc[nH]1)NC(=O)[C@@H](Cc1ccccc1)NC(=O)OC(C)(C)C. The van der Waals surface area contributed by atoms with Crippen molar-refractivity contribution < 1.29 is 43.8 Å². The lowest BCUT2D eigenvalue weighted by molar-refractivity contribution is -0.384. The predicted octanol–water partition coefficient (Wildman–Crippen LogP) is 2.66. The molecule has 1 unspecified atom stereocenters. The van der Waals surface area contributed by atoms with Crippen molar-refractivity contribution in [2.75, 3.05) is 0 Å². The quantitative estimate of drug-likeness (QED) is 0.0810. The molecule has 17 nitrogen and oxygen atoms in total. The topological polar surface area (TPSA) is 260 Å². The molecule has 17 heteroatoms. The van der Waals surface area contributed by atoms with Gasteiger partial charge in [-0.25, -0.2) is 14.6 Å². The highest BCUT2D eigenvalue weighted by atomic mass is 16.6. The van der Waals surface area contributed by atoms with Crippen LogP contribution in [0.5, 0.6) is 0 Å². The average Bonchev–Trinajstić information content (AvgIpc) is 3.62. The predicted molar refractivity (Wildman–Crippen MR) is 196 cm³/mol. The number of imidazole rings is 1. The highest BCUT2D eigenvalue weighted by Crippen LogP contribution is 2.21. The zero-order chi connectivity index (χ0) is 40.2. The van der Waals surface area contributed by atoms with Gasteiger partial charge < -0.3 is 36.3 Å². The maximum Gasteiger partial charge on any atom is 0.408 e. The van der Waals surface area contributed by atoms with Crippen LogP contribution in [0.2, 0.25) is 0 Å². The van der Waals surface area contributed by atoms with Gasteiger partial charge in [0, 0.05) is 42.9 Å². The van der Waals surface area contributed by atoms with E-state index in [0.717, 1.165) is 0 Å². The molecular weight excluding hydrogens is 702 g/mol. The highest BCUT2D eigenvalue weighted by molar-refractivity contribution is 6.03. The van der Waals surface area contributed by atoms with Crippen molar-refractivity contribution in [1.82, 2.24) is 25.5 Å². The van der Waals surface area contributed by atoms with Crippen LogP contribution in [0.15, 0.2) is 67.1 Å². The van der Waals surface area contributed by atoms with Crippen molar-refractivity contribution in [1.29, 1.82) is 0 Å². The number of nitrogens with one attached hydrogen (secondary N) is 3. The number of hydrogen-bond donors (Lipinski definition) is 6. The summed E-state index contributed by atoms with van der Waals surface area (Å²) < 4.78 is 5.38. The number of amides is 4. The Morgan fingerprint density at radius 3 is 2.15 bits per heavy atom. The van der Waals surface area contributed by atoms with E-state index in [2.05, 4.69) is 20.6 Å². The van der Waals surface area contributed by atoms with Crippen molar-refractivity contribution >= 4 is 35.5 Å². The fourth-order valence-corrected chi connectivity index (χ4v) is 5.60. The van der Waals surface area contributed by atoms with Crippen LogP contribution in [-0.2, 0) is 43.2 Å². The number of aliphatic hydroxyl groups is 1. The monoisotopic (exact) mass is 751 g/mol. The second-order valence-electron chi connectivity index (χ2n) is 14.1. The van der Waals surface area contributed by atoms with Crippen LogP contribution >= 0.6 is 0 Å². The largest absolute Gasteiger partial charge is 0.480 e. The van der Waals surface area contributed by atoms with E-state index in [1.807, 2.05) is 0 Å². The van der Waals surface area contributed by atoms with Crippen molar-refractivity contribution in [3.8, 4) is 0 Å². The Morgan fingerprint density at radius 1 is 0.981 bits per heavy atom. The summed E-state index contributed by atoms with van der Waals surface area (Å²) >= 11 is 0. The maximum atomic E-state index is 14.5. The Kier molecular flexibility index (Phi) is 15.4. The number of benzene rings is 2. The number of nitro groups is 1. The molecule has 0 saturated heterocycles. The van der Waals surface area contributed by atoms with Crippen molar-refractivity contribution in [3.05, 3.63) is 94.1 Å². The molecule has 0 spiro atoms. The molecule has 0 bridgehead atoms. The Hall–Kier alpha value is -5.68. The fourth-order valence-electron chi connectivity index (χ4n) is 5.60. The minimum atomic E-state index is -1.70. The lowest BCUT2D eigenvalue weighted by Gasteiger charge is -2.35. The number of carbonyl (C=O) groups is 5. The first-order valence-corrected chi connectivity index (χ1v) is 17.5. The molecule has 3 aromatic rings. The third-order valence-electron chi connectivity index (χ3n) is 8.60. The molecule has 292 valence electrons. The van der Waals surface area contributed by atoms with Gasteiger partial charge >= 0.3 is 12.1 Å². The number of aromatic nitrogens is 2. The van der Waals surface area contributed by atoms with Gasteiger partial charge in [-0.2, -0.15) is 0 Å². The molecule has 6 atom stereocenters. The summed E-state index contributed by atoms with van der Waals surface area (Å²) in [5.41, 5.74) is 6.74. The van der Waals surface area contributed by atoms with Gasteiger partial charge in [-0.3, -0.25) is 29.4 Å². The molecule has 0 aliphatic heterocycles. The number of nitro benzene ring substituents is 1. The number of H-pyrrole nitrogens is 1. The van der Waals surface area contributed by atoms with Gasteiger partial charge in [-0.15, -0.1) is 0 Å². The second kappa shape index (κ2) is 19.4. The first-order valence-electron chi connectivity index (χ1n) is 17.5. The number of alkyl carbamates (subject to hydrolysis) is 1. The zero-order valence-corrected chi connectivity index (χ0v) is 30.9. The summed E-state index contributed by atoms with van der Waals surface area (Å²) in [6.07, 6.45) is -0.516. The Bertz CT molecular complexity index is 1730. The number of imide groups is 1. The Morgan fingerprint density at radius 2 is 1.61 bits per heavy atom. The van der Waals surface area contributed by atoms with Gasteiger partial charge in [-0.1, -0.05) is 62.7 Å². The van der Waals surface area contributed by atoms with Crippen LogP contribution < -0.4 is 16.4 Å². The van der Waals surface area contributed by atoms with Crippen LogP contribution in [0.25, 0.3) is 0 Å². The van der Waals surface area contributed by atoms with Crippen LogP contribution in [-0.4, -0.2) is 95.7 Å². The standard InChI is InChI=1S/C37H49N7O10/c1-6-22(2)32(35(49)50)43(31(46)19-30(45)27(38)16-24-12-14-26(15-13-24)44(52)53)34(48)29(18-25-20-39-21-40-25)41-33(47)28(17-23-10-8-7-9-11-23)42-36(51)54-37(3,4)5/h7-15,20-22,27-30,32,45H,6,16-19,38H2,1-5H3,(H,39,40)(H,41,47)(H,42,51)(H,49,50)/t22-,27-,28+,29-,30?,32-/m0/s1. The molecular formula is C37H49N7O10. The summed E-state index contributed by atoms with van der Waals surface area (Å²) in [7, 11) is 0. The van der Waals surface area contributed by atoms with E-state index in [1.54, 1.807) is 65.0 Å². The number of nitrogens with zero attached hydrogens (tertiary/aromatic N) is 3. The molecule has 0 fully saturated rings. The molecule has 1 aromatic heterocycles. The van der Waals surface area contributed by atoms with Gasteiger partial charge in [0.15, 0.2) is 0 Å². The number of carbonyl (C=O) groups excluding carboxylic acids is 4. The molecule has 2 aromatic carbocycles. The van der Waals surface area contributed by atoms with Crippen molar-refractivity contribution in [2.24, 2.45) is 11.7 Å². The van der Waals surface area contributed by atoms with Gasteiger partial charge in [0.05, 0.1) is 23.8 Å².